The van der Waals surface area contributed by atoms with Crippen molar-refractivity contribution in [3.63, 3.8) is 0 Å². The average molecular weight is 412 g/mol. The maximum atomic E-state index is 12.3. The Hall–Kier alpha value is -3.30. The SMILES string of the molecule is Cc1c(Cl)cccc1NC(=O)[C@@H](C)OC(=O)/C(C#N)=C/c1ccc(N(C)C)cc1. The third kappa shape index (κ3) is 5.84. The lowest BCUT2D eigenvalue weighted by atomic mass is 10.1. The van der Waals surface area contributed by atoms with Crippen LogP contribution in [-0.2, 0) is 14.3 Å². The van der Waals surface area contributed by atoms with Crippen LogP contribution < -0.4 is 10.2 Å². The number of hydrogen-bond acceptors (Lipinski definition) is 5. The van der Waals surface area contributed by atoms with Gasteiger partial charge in [0.1, 0.15) is 11.6 Å². The first kappa shape index (κ1) is 22.0. The molecular weight excluding hydrogens is 390 g/mol. The van der Waals surface area contributed by atoms with Crippen LogP contribution in [0, 0.1) is 18.3 Å². The van der Waals surface area contributed by atoms with Crippen molar-refractivity contribution in [1.29, 1.82) is 5.26 Å². The number of benzene rings is 2. The van der Waals surface area contributed by atoms with E-state index >= 15 is 0 Å². The average Bonchev–Trinajstić information content (AvgIpc) is 2.69. The van der Waals surface area contributed by atoms with E-state index in [0.717, 1.165) is 5.69 Å². The van der Waals surface area contributed by atoms with Gasteiger partial charge in [0.15, 0.2) is 6.10 Å². The van der Waals surface area contributed by atoms with Crippen LogP contribution in [0.1, 0.15) is 18.1 Å². The van der Waals surface area contributed by atoms with Crippen LogP contribution in [0.25, 0.3) is 6.08 Å². The second kappa shape index (κ2) is 9.76. The summed E-state index contributed by atoms with van der Waals surface area (Å²) in [6, 6.07) is 14.3. The van der Waals surface area contributed by atoms with E-state index in [-0.39, 0.29) is 5.57 Å². The summed E-state index contributed by atoms with van der Waals surface area (Å²) in [5.74, 6) is -1.38. The molecule has 1 atom stereocenters. The number of carbonyl (C=O) groups excluding carboxylic acids is 2. The molecule has 0 bridgehead atoms. The fourth-order valence-electron chi connectivity index (χ4n) is 2.43. The summed E-state index contributed by atoms with van der Waals surface area (Å²) in [5, 5.41) is 12.5. The van der Waals surface area contributed by atoms with Crippen molar-refractivity contribution in [1.82, 2.24) is 0 Å². The monoisotopic (exact) mass is 411 g/mol. The Labute approximate surface area is 175 Å². The molecule has 0 aliphatic carbocycles. The first-order chi connectivity index (χ1) is 13.7. The highest BCUT2D eigenvalue weighted by Crippen LogP contribution is 2.23. The lowest BCUT2D eigenvalue weighted by Gasteiger charge is -2.15. The number of nitrogens with one attached hydrogen (secondary N) is 1. The van der Waals surface area contributed by atoms with Gasteiger partial charge < -0.3 is 15.0 Å². The molecule has 0 aliphatic heterocycles. The minimum absolute atomic E-state index is 0.193. The fourth-order valence-corrected chi connectivity index (χ4v) is 2.60. The van der Waals surface area contributed by atoms with E-state index in [1.165, 1.54) is 13.0 Å². The molecule has 7 heteroatoms. The van der Waals surface area contributed by atoms with Gasteiger partial charge in [-0.25, -0.2) is 4.79 Å². The molecule has 29 heavy (non-hydrogen) atoms. The Kier molecular flexibility index (Phi) is 7.40. The first-order valence-electron chi connectivity index (χ1n) is 8.89. The molecular formula is C22H22ClN3O3. The van der Waals surface area contributed by atoms with E-state index in [2.05, 4.69) is 5.32 Å². The fraction of sp³-hybridized carbons (Fsp3) is 0.227. The minimum Gasteiger partial charge on any atom is -0.448 e. The molecule has 6 nitrogen and oxygen atoms in total. The van der Waals surface area contributed by atoms with E-state index in [1.807, 2.05) is 37.2 Å². The molecule has 0 radical (unpaired) electrons. The maximum Gasteiger partial charge on any atom is 0.349 e. The molecule has 0 saturated carbocycles. The highest BCUT2D eigenvalue weighted by Gasteiger charge is 2.21. The standard InChI is InChI=1S/C22H22ClN3O3/c1-14-19(23)6-5-7-20(14)25-21(27)15(2)29-22(28)17(13-24)12-16-8-10-18(11-9-16)26(3)4/h5-12,15H,1-4H3,(H,25,27)/b17-12+/t15-/m1/s1. The number of nitriles is 1. The maximum absolute atomic E-state index is 12.3. The summed E-state index contributed by atoms with van der Waals surface area (Å²) in [6.45, 7) is 3.21. The van der Waals surface area contributed by atoms with Gasteiger partial charge in [-0.15, -0.1) is 0 Å². The smallest absolute Gasteiger partial charge is 0.349 e. The van der Waals surface area contributed by atoms with Crippen LogP contribution in [0.5, 0.6) is 0 Å². The van der Waals surface area contributed by atoms with E-state index in [0.29, 0.717) is 21.8 Å². The van der Waals surface area contributed by atoms with Crippen LogP contribution in [0.3, 0.4) is 0 Å². The molecule has 0 fully saturated rings. The van der Waals surface area contributed by atoms with Gasteiger partial charge in [-0.05, 0) is 55.3 Å². The molecule has 0 saturated heterocycles. The van der Waals surface area contributed by atoms with Crippen molar-refractivity contribution in [3.05, 3.63) is 64.2 Å². The quantitative estimate of drug-likeness (QED) is 0.437. The highest BCUT2D eigenvalue weighted by molar-refractivity contribution is 6.31. The van der Waals surface area contributed by atoms with E-state index in [1.54, 1.807) is 37.3 Å². The zero-order valence-electron chi connectivity index (χ0n) is 16.7. The minimum atomic E-state index is -1.09. The number of nitrogens with zero attached hydrogens (tertiary/aromatic N) is 2. The van der Waals surface area contributed by atoms with Crippen LogP contribution in [0.2, 0.25) is 5.02 Å². The highest BCUT2D eigenvalue weighted by atomic mass is 35.5. The van der Waals surface area contributed by atoms with Gasteiger partial charge in [0.05, 0.1) is 0 Å². The van der Waals surface area contributed by atoms with Crippen molar-refractivity contribution in [2.45, 2.75) is 20.0 Å². The zero-order valence-corrected chi connectivity index (χ0v) is 17.4. The Morgan fingerprint density at radius 3 is 2.45 bits per heavy atom. The Morgan fingerprint density at radius 2 is 1.86 bits per heavy atom. The summed E-state index contributed by atoms with van der Waals surface area (Å²) in [7, 11) is 3.83. The van der Waals surface area contributed by atoms with Gasteiger partial charge in [0.25, 0.3) is 5.91 Å². The number of anilines is 2. The first-order valence-corrected chi connectivity index (χ1v) is 9.27. The molecule has 2 aromatic rings. The number of hydrogen-bond donors (Lipinski definition) is 1. The van der Waals surface area contributed by atoms with Crippen LogP contribution in [0.15, 0.2) is 48.0 Å². The van der Waals surface area contributed by atoms with Gasteiger partial charge in [0.2, 0.25) is 0 Å². The number of rotatable bonds is 6. The molecule has 0 aliphatic rings. The van der Waals surface area contributed by atoms with Crippen LogP contribution in [0.4, 0.5) is 11.4 Å². The van der Waals surface area contributed by atoms with E-state index in [4.69, 9.17) is 16.3 Å². The molecule has 0 heterocycles. The van der Waals surface area contributed by atoms with Gasteiger partial charge in [-0.2, -0.15) is 5.26 Å². The van der Waals surface area contributed by atoms with Crippen molar-refractivity contribution < 1.29 is 14.3 Å². The Bertz CT molecular complexity index is 976. The molecule has 1 amide bonds. The molecule has 150 valence electrons. The van der Waals surface area contributed by atoms with Gasteiger partial charge in [0, 0.05) is 30.5 Å². The molecule has 0 spiro atoms. The van der Waals surface area contributed by atoms with Crippen LogP contribution in [-0.4, -0.2) is 32.1 Å². The Morgan fingerprint density at radius 1 is 1.21 bits per heavy atom. The summed E-state index contributed by atoms with van der Waals surface area (Å²) in [5.41, 5.74) is 2.71. The number of carbonyl (C=O) groups is 2. The predicted octanol–water partition coefficient (Wildman–Crippen LogP) is 4.19. The second-order valence-corrected chi connectivity index (χ2v) is 7.01. The normalized spacial score (nSPS) is 11.9. The number of amides is 1. The van der Waals surface area contributed by atoms with Crippen molar-refractivity contribution >= 4 is 40.9 Å². The van der Waals surface area contributed by atoms with E-state index < -0.39 is 18.0 Å². The summed E-state index contributed by atoms with van der Waals surface area (Å²) in [6.07, 6.45) is 0.335. The summed E-state index contributed by atoms with van der Waals surface area (Å²) < 4.78 is 5.16. The van der Waals surface area contributed by atoms with E-state index in [9.17, 15) is 14.9 Å². The van der Waals surface area contributed by atoms with Crippen molar-refractivity contribution in [2.24, 2.45) is 0 Å². The Balaban J connectivity index is 2.07. The molecule has 2 rings (SSSR count). The molecule has 2 aromatic carbocycles. The van der Waals surface area contributed by atoms with Crippen molar-refractivity contribution in [3.8, 4) is 6.07 Å². The van der Waals surface area contributed by atoms with Crippen LogP contribution >= 0.6 is 11.6 Å². The molecule has 0 aromatic heterocycles. The molecule has 0 unspecified atom stereocenters. The topological polar surface area (TPSA) is 82.4 Å². The zero-order chi connectivity index (χ0) is 21.6. The largest absolute Gasteiger partial charge is 0.448 e. The second-order valence-electron chi connectivity index (χ2n) is 6.60. The number of halogens is 1. The summed E-state index contributed by atoms with van der Waals surface area (Å²) >= 11 is 6.04. The lowest BCUT2D eigenvalue weighted by molar-refractivity contribution is -0.148. The molecule has 1 N–H and O–H groups in total. The predicted molar refractivity (Wildman–Crippen MR) is 115 cm³/mol. The number of esters is 1. The van der Waals surface area contributed by atoms with Gasteiger partial charge in [-0.1, -0.05) is 29.8 Å². The van der Waals surface area contributed by atoms with Crippen molar-refractivity contribution in [2.75, 3.05) is 24.3 Å². The third-order valence-electron chi connectivity index (χ3n) is 4.24. The lowest BCUT2D eigenvalue weighted by Crippen LogP contribution is -2.30. The van der Waals surface area contributed by atoms with Gasteiger partial charge in [-0.3, -0.25) is 4.79 Å². The third-order valence-corrected chi connectivity index (χ3v) is 4.65. The summed E-state index contributed by atoms with van der Waals surface area (Å²) in [4.78, 5) is 26.6. The van der Waals surface area contributed by atoms with Gasteiger partial charge >= 0.3 is 5.97 Å². The number of ether oxygens (including phenoxy) is 1.